The molecule has 3 atom stereocenters. The maximum absolute atomic E-state index is 13.8. The van der Waals surface area contributed by atoms with Crippen molar-refractivity contribution in [2.75, 3.05) is 29.3 Å². The summed E-state index contributed by atoms with van der Waals surface area (Å²) < 4.78 is 97.5. The van der Waals surface area contributed by atoms with Gasteiger partial charge in [-0.05, 0) is 63.6 Å². The van der Waals surface area contributed by atoms with Gasteiger partial charge in [0.2, 0.25) is 11.5 Å². The van der Waals surface area contributed by atoms with Crippen molar-refractivity contribution in [1.82, 2.24) is 5.32 Å². The number of halogens is 5. The van der Waals surface area contributed by atoms with Gasteiger partial charge in [0.1, 0.15) is 17.7 Å². The molecule has 0 saturated carbocycles. The Morgan fingerprint density at radius 1 is 1.17 bits per heavy atom. The molecule has 2 N–H and O–H groups in total. The molecule has 1 fully saturated rings. The van der Waals surface area contributed by atoms with Crippen LogP contribution in [0.4, 0.5) is 33.7 Å². The Hall–Kier alpha value is -3.30. The average molecular weight is 638 g/mol. The molecule has 2 aliphatic heterocycles. The molecule has 2 aliphatic rings. The quantitative estimate of drug-likeness (QED) is 0.416. The number of fused-ring (bicyclic) bond motifs is 1. The van der Waals surface area contributed by atoms with E-state index >= 15 is 0 Å². The van der Waals surface area contributed by atoms with E-state index in [9.17, 15) is 35.6 Å². The molecule has 230 valence electrons. The van der Waals surface area contributed by atoms with Crippen LogP contribution < -0.4 is 19.7 Å². The predicted molar refractivity (Wildman–Crippen MR) is 144 cm³/mol. The molecule has 3 unspecified atom stereocenters. The number of carbonyl (C=O) groups excluding carboxylic acids is 2. The van der Waals surface area contributed by atoms with Crippen LogP contribution in [0.25, 0.3) is 0 Å². The number of sulfonamides is 1. The number of nitrogens with zero attached hydrogens (tertiary/aromatic N) is 1. The third-order valence-electron chi connectivity index (χ3n) is 6.86. The molecule has 0 aromatic heterocycles. The van der Waals surface area contributed by atoms with Gasteiger partial charge in [0.05, 0.1) is 40.7 Å². The molecule has 0 radical (unpaired) electrons. The summed E-state index contributed by atoms with van der Waals surface area (Å²) in [6.07, 6.45) is -6.90. The summed E-state index contributed by atoms with van der Waals surface area (Å²) in [7, 11) is -4.43. The summed E-state index contributed by atoms with van der Waals surface area (Å²) in [5.41, 5.74) is -2.98. The number of ether oxygens (including phenoxy) is 3. The van der Waals surface area contributed by atoms with E-state index in [0.717, 1.165) is 22.5 Å². The van der Waals surface area contributed by atoms with E-state index in [1.807, 2.05) is 0 Å². The van der Waals surface area contributed by atoms with Gasteiger partial charge in [0, 0.05) is 12.3 Å². The van der Waals surface area contributed by atoms with Gasteiger partial charge in [0.25, 0.3) is 10.0 Å². The second-order valence-corrected chi connectivity index (χ2v) is 12.5. The Morgan fingerprint density at radius 3 is 2.50 bits per heavy atom. The van der Waals surface area contributed by atoms with Crippen molar-refractivity contribution in [2.24, 2.45) is 5.92 Å². The summed E-state index contributed by atoms with van der Waals surface area (Å²) >= 11 is 5.83. The van der Waals surface area contributed by atoms with Crippen molar-refractivity contribution < 1.29 is 49.8 Å². The molecule has 16 heteroatoms. The van der Waals surface area contributed by atoms with E-state index < -0.39 is 44.8 Å². The Morgan fingerprint density at radius 2 is 1.88 bits per heavy atom. The van der Waals surface area contributed by atoms with Gasteiger partial charge in [-0.3, -0.25) is 14.4 Å². The number of hydrogen-bond acceptors (Lipinski definition) is 7. The third kappa shape index (κ3) is 6.68. The number of rotatable bonds is 7. The largest absolute Gasteiger partial charge is 0.484 e. The van der Waals surface area contributed by atoms with Crippen LogP contribution in [0.3, 0.4) is 0 Å². The van der Waals surface area contributed by atoms with E-state index in [1.54, 1.807) is 6.92 Å². The number of carbonyl (C=O) groups is 2. The predicted octanol–water partition coefficient (Wildman–Crippen LogP) is 4.87. The highest BCUT2D eigenvalue weighted by molar-refractivity contribution is 7.92. The van der Waals surface area contributed by atoms with Crippen LogP contribution in [0.5, 0.6) is 5.75 Å². The minimum Gasteiger partial charge on any atom is -0.484 e. The molecule has 10 nitrogen and oxygen atoms in total. The van der Waals surface area contributed by atoms with E-state index in [1.165, 1.54) is 18.2 Å². The Balaban J connectivity index is 1.62. The lowest BCUT2D eigenvalue weighted by atomic mass is 10.0. The molecular formula is C26H28ClF4N3O7S. The van der Waals surface area contributed by atoms with Gasteiger partial charge in [-0.1, -0.05) is 11.6 Å². The van der Waals surface area contributed by atoms with Crippen molar-refractivity contribution in [3.8, 4) is 5.75 Å². The highest BCUT2D eigenvalue weighted by Gasteiger charge is 2.51. The van der Waals surface area contributed by atoms with Crippen LogP contribution in [0.1, 0.15) is 27.2 Å². The maximum Gasteiger partial charge on any atom is 0.427 e. The summed E-state index contributed by atoms with van der Waals surface area (Å²) in [4.78, 5) is 24.6. The van der Waals surface area contributed by atoms with Crippen LogP contribution in [0, 0.1) is 11.7 Å². The highest BCUT2D eigenvalue weighted by Crippen LogP contribution is 2.40. The summed E-state index contributed by atoms with van der Waals surface area (Å²) in [5, 5.41) is 4.47. The lowest BCUT2D eigenvalue weighted by Crippen LogP contribution is -2.49. The second-order valence-electron chi connectivity index (χ2n) is 10.3. The van der Waals surface area contributed by atoms with Crippen LogP contribution in [-0.2, 0) is 24.3 Å². The van der Waals surface area contributed by atoms with Crippen molar-refractivity contribution in [3.05, 3.63) is 47.2 Å². The molecule has 0 spiro atoms. The summed E-state index contributed by atoms with van der Waals surface area (Å²) in [5.74, 6) is -1.47. The van der Waals surface area contributed by atoms with E-state index in [2.05, 4.69) is 15.4 Å². The molecule has 2 heterocycles. The van der Waals surface area contributed by atoms with Crippen molar-refractivity contribution >= 4 is 45.0 Å². The molecule has 0 aliphatic carbocycles. The van der Waals surface area contributed by atoms with E-state index in [-0.39, 0.29) is 53.0 Å². The first-order valence-electron chi connectivity index (χ1n) is 12.7. The third-order valence-corrected chi connectivity index (χ3v) is 8.93. The van der Waals surface area contributed by atoms with Gasteiger partial charge in [-0.2, -0.15) is 13.2 Å². The minimum atomic E-state index is -4.84. The lowest BCUT2D eigenvalue weighted by Gasteiger charge is -2.36. The molecule has 2 amide bonds. The summed E-state index contributed by atoms with van der Waals surface area (Å²) in [6.45, 7) is 3.17. The smallest absolute Gasteiger partial charge is 0.427 e. The van der Waals surface area contributed by atoms with Crippen molar-refractivity contribution in [2.45, 2.75) is 56.1 Å². The monoisotopic (exact) mass is 637 g/mol. The molecule has 42 heavy (non-hydrogen) atoms. The van der Waals surface area contributed by atoms with Crippen LogP contribution in [-0.4, -0.2) is 64.1 Å². The zero-order chi connectivity index (χ0) is 31.0. The standard InChI is InChI=1S/C26H28ClF4N3O7S/c1-14-18(8-9-39-14)23(35)32-12-16-13-34(42(37,38)17-5-6-20(28)19(27)11-17)21-10-15(4-7-22(21)40-16)33-24(36)41-25(2,3)26(29,30)31/h4-7,10-11,14,16,18H,8-9,12-13H2,1-3H3,(H,32,35)(H,33,36). The van der Waals surface area contributed by atoms with E-state index in [4.69, 9.17) is 21.1 Å². The van der Waals surface area contributed by atoms with Gasteiger partial charge >= 0.3 is 12.3 Å². The number of alkyl halides is 3. The lowest BCUT2D eigenvalue weighted by molar-refractivity contribution is -0.242. The number of amides is 2. The topological polar surface area (TPSA) is 123 Å². The molecule has 2 aromatic rings. The fourth-order valence-corrected chi connectivity index (χ4v) is 6.11. The van der Waals surface area contributed by atoms with Gasteiger partial charge < -0.3 is 19.5 Å². The van der Waals surface area contributed by atoms with Crippen LogP contribution in [0.2, 0.25) is 5.02 Å². The Bertz CT molecular complexity index is 1470. The SMILES string of the molecule is CC1OCCC1C(=O)NCC1CN(S(=O)(=O)c2ccc(F)c(Cl)c2)c2cc(NC(=O)OC(C)(C)C(F)(F)F)ccc2O1. The molecule has 1 saturated heterocycles. The van der Waals surface area contributed by atoms with Gasteiger partial charge in [-0.25, -0.2) is 17.6 Å². The zero-order valence-electron chi connectivity index (χ0n) is 22.6. The van der Waals surface area contributed by atoms with E-state index in [0.29, 0.717) is 26.9 Å². The molecule has 4 rings (SSSR count). The first kappa shape index (κ1) is 31.6. The maximum atomic E-state index is 13.8. The molecular weight excluding hydrogens is 610 g/mol. The number of anilines is 2. The van der Waals surface area contributed by atoms with Crippen LogP contribution >= 0.6 is 11.6 Å². The van der Waals surface area contributed by atoms with Crippen molar-refractivity contribution in [1.29, 1.82) is 0 Å². The zero-order valence-corrected chi connectivity index (χ0v) is 24.2. The van der Waals surface area contributed by atoms with Gasteiger partial charge in [0.15, 0.2) is 0 Å². The normalized spacial score (nSPS) is 20.9. The Kier molecular flexibility index (Phi) is 8.86. The number of nitrogens with one attached hydrogen (secondary N) is 2. The number of hydrogen-bond donors (Lipinski definition) is 2. The Labute approximate surface area is 244 Å². The first-order valence-corrected chi connectivity index (χ1v) is 14.6. The fourth-order valence-electron chi connectivity index (χ4n) is 4.34. The molecule has 2 aromatic carbocycles. The highest BCUT2D eigenvalue weighted by atomic mass is 35.5. The number of benzene rings is 2. The summed E-state index contributed by atoms with van der Waals surface area (Å²) in [6, 6.07) is 6.59. The van der Waals surface area contributed by atoms with Crippen molar-refractivity contribution in [3.63, 3.8) is 0 Å². The first-order chi connectivity index (χ1) is 19.5. The van der Waals surface area contributed by atoms with Gasteiger partial charge in [-0.15, -0.1) is 0 Å². The fraction of sp³-hybridized carbons (Fsp3) is 0.462. The second kappa shape index (κ2) is 11.8. The average Bonchev–Trinajstić information content (AvgIpc) is 3.33. The molecule has 0 bridgehead atoms. The van der Waals surface area contributed by atoms with Crippen LogP contribution in [0.15, 0.2) is 41.3 Å². The minimum absolute atomic E-state index is 0.0318.